The molecule has 0 radical (unpaired) electrons. The first-order chi connectivity index (χ1) is 6.04. The predicted octanol–water partition coefficient (Wildman–Crippen LogP) is 2.00. The van der Waals surface area contributed by atoms with Gasteiger partial charge in [0.1, 0.15) is 0 Å². The first-order valence-corrected chi connectivity index (χ1v) is 4.27. The number of nitrogens with two attached hydrogens (primary N) is 1. The zero-order valence-electron chi connectivity index (χ0n) is 8.57. The van der Waals surface area contributed by atoms with Crippen LogP contribution in [0.3, 0.4) is 0 Å². The summed E-state index contributed by atoms with van der Waals surface area (Å²) in [6.45, 7) is 7.90. The van der Waals surface area contributed by atoms with E-state index in [0.717, 1.165) is 0 Å². The molecule has 0 bridgehead atoms. The molecule has 0 saturated heterocycles. The Labute approximate surface area is 78.6 Å². The average molecular weight is 183 g/mol. The summed E-state index contributed by atoms with van der Waals surface area (Å²) in [6.07, 6.45) is 0. The van der Waals surface area contributed by atoms with Gasteiger partial charge in [0.2, 0.25) is 0 Å². The fourth-order valence-corrected chi connectivity index (χ4v) is 1.03. The molecule has 0 unspecified atom stereocenters. The molecular weight excluding hydrogens is 166 g/mol. The molecule has 3 N–H and O–H groups in total. The molecule has 0 aromatic carbocycles. The second kappa shape index (κ2) is 5.40. The quantitative estimate of drug-likeness (QED) is 0.297. The van der Waals surface area contributed by atoms with E-state index >= 15 is 0 Å². The number of hydrogen-bond donors (Lipinski definition) is 2. The van der Waals surface area contributed by atoms with Crippen molar-refractivity contribution in [3.05, 3.63) is 0 Å². The van der Waals surface area contributed by atoms with Gasteiger partial charge in [-0.2, -0.15) is 10.6 Å². The van der Waals surface area contributed by atoms with Crippen molar-refractivity contribution in [1.82, 2.24) is 0 Å². The minimum absolute atomic E-state index is 0.179. The molecule has 0 heterocycles. The Kier molecular flexibility index (Phi) is 4.87. The molecular formula is C8H17N5. The zero-order valence-corrected chi connectivity index (χ0v) is 8.57. The van der Waals surface area contributed by atoms with E-state index in [1.54, 1.807) is 0 Å². The van der Waals surface area contributed by atoms with Crippen LogP contribution in [0.4, 0.5) is 0 Å². The van der Waals surface area contributed by atoms with Gasteiger partial charge in [-0.1, -0.05) is 32.9 Å². The summed E-state index contributed by atoms with van der Waals surface area (Å²) in [4.78, 5) is 0. The maximum atomic E-state index is 6.68. The highest BCUT2D eigenvalue weighted by Crippen LogP contribution is 2.07. The lowest BCUT2D eigenvalue weighted by Gasteiger charge is -2.13. The summed E-state index contributed by atoms with van der Waals surface area (Å²) in [5.41, 5.74) is 8.08. The molecule has 5 heteroatoms. The van der Waals surface area contributed by atoms with Gasteiger partial charge in [-0.15, -0.1) is 5.10 Å². The van der Waals surface area contributed by atoms with Crippen molar-refractivity contribution in [2.75, 3.05) is 0 Å². The first kappa shape index (κ1) is 11.7. The number of rotatable bonds is 4. The summed E-state index contributed by atoms with van der Waals surface area (Å²) in [6, 6.07) is 0. The van der Waals surface area contributed by atoms with Gasteiger partial charge in [-0.3, -0.25) is 0 Å². The highest BCUT2D eigenvalue weighted by atomic mass is 15.3. The van der Waals surface area contributed by atoms with Crippen LogP contribution in [0.5, 0.6) is 0 Å². The third kappa shape index (κ3) is 3.31. The Bertz CT molecular complexity index is 227. The largest absolute Gasteiger partial charge is 0.323 e. The van der Waals surface area contributed by atoms with E-state index in [0.29, 0.717) is 11.4 Å². The van der Waals surface area contributed by atoms with E-state index < -0.39 is 0 Å². The molecule has 13 heavy (non-hydrogen) atoms. The van der Waals surface area contributed by atoms with Gasteiger partial charge in [0.05, 0.1) is 11.4 Å². The van der Waals surface area contributed by atoms with Crippen LogP contribution in [0.1, 0.15) is 27.7 Å². The molecule has 74 valence electrons. The summed E-state index contributed by atoms with van der Waals surface area (Å²) in [5.74, 6) is 5.63. The predicted molar refractivity (Wildman–Crippen MR) is 53.9 cm³/mol. The molecule has 0 aliphatic heterocycles. The van der Waals surface area contributed by atoms with Crippen LogP contribution >= 0.6 is 0 Å². The molecule has 5 nitrogen and oxygen atoms in total. The lowest BCUT2D eigenvalue weighted by Crippen LogP contribution is -2.26. The third-order valence-corrected chi connectivity index (χ3v) is 1.65. The van der Waals surface area contributed by atoms with E-state index in [1.807, 2.05) is 27.7 Å². The number of nitrogens with one attached hydrogen (secondary N) is 1. The first-order valence-electron chi connectivity index (χ1n) is 4.27. The van der Waals surface area contributed by atoms with E-state index in [1.165, 1.54) is 0 Å². The van der Waals surface area contributed by atoms with Crippen LogP contribution in [0.15, 0.2) is 15.4 Å². The van der Waals surface area contributed by atoms with Crippen LogP contribution in [-0.4, -0.2) is 11.4 Å². The lowest BCUT2D eigenvalue weighted by molar-refractivity contribution is 0.835. The van der Waals surface area contributed by atoms with Crippen LogP contribution in [0.2, 0.25) is 0 Å². The third-order valence-electron chi connectivity index (χ3n) is 1.65. The molecule has 0 aliphatic carbocycles. The number of nitrogens with zero attached hydrogens (tertiary/aromatic N) is 3. The van der Waals surface area contributed by atoms with E-state index in [9.17, 15) is 0 Å². The van der Waals surface area contributed by atoms with Crippen LogP contribution in [0.25, 0.3) is 0 Å². The molecule has 0 amide bonds. The fraction of sp³-hybridized carbons (Fsp3) is 0.750. The van der Waals surface area contributed by atoms with Crippen molar-refractivity contribution in [1.29, 1.82) is 5.53 Å². The Morgan fingerprint density at radius 1 is 1.08 bits per heavy atom. The Morgan fingerprint density at radius 2 is 1.54 bits per heavy atom. The van der Waals surface area contributed by atoms with E-state index in [-0.39, 0.29) is 11.8 Å². The van der Waals surface area contributed by atoms with Crippen LogP contribution < -0.4 is 5.84 Å². The smallest absolute Gasteiger partial charge is 0.0908 e. The van der Waals surface area contributed by atoms with Gasteiger partial charge in [0, 0.05) is 0 Å². The molecule has 0 aromatic heterocycles. The Balaban J connectivity index is 4.93. The van der Waals surface area contributed by atoms with Crippen molar-refractivity contribution in [2.45, 2.75) is 27.7 Å². The van der Waals surface area contributed by atoms with Gasteiger partial charge in [0.15, 0.2) is 0 Å². The molecule has 0 aromatic rings. The zero-order chi connectivity index (χ0) is 10.4. The fourth-order valence-electron chi connectivity index (χ4n) is 1.03. The van der Waals surface area contributed by atoms with Crippen LogP contribution in [0, 0.1) is 17.4 Å². The topological polar surface area (TPSA) is 86.9 Å². The average Bonchev–Trinajstić information content (AvgIpc) is 2.03. The molecule has 0 saturated carbocycles. The second-order valence-corrected chi connectivity index (χ2v) is 3.41. The Morgan fingerprint density at radius 3 is 1.77 bits per heavy atom. The van der Waals surface area contributed by atoms with Crippen molar-refractivity contribution in [2.24, 2.45) is 33.1 Å². The normalized spacial score (nSPS) is 14.0. The van der Waals surface area contributed by atoms with Gasteiger partial charge in [-0.05, 0) is 11.8 Å². The van der Waals surface area contributed by atoms with Gasteiger partial charge in [0.25, 0.3) is 0 Å². The SMILES string of the molecule is CC(C)C(=N/N)/C(=N\N=N)C(C)C. The van der Waals surface area contributed by atoms with Crippen molar-refractivity contribution in [3.63, 3.8) is 0 Å². The number of hydrogen-bond acceptors (Lipinski definition) is 4. The highest BCUT2D eigenvalue weighted by molar-refractivity contribution is 6.43. The molecule has 0 rings (SSSR count). The van der Waals surface area contributed by atoms with E-state index in [4.69, 9.17) is 11.4 Å². The minimum Gasteiger partial charge on any atom is -0.323 e. The van der Waals surface area contributed by atoms with Gasteiger partial charge in [-0.25, -0.2) is 0 Å². The molecule has 0 aliphatic rings. The van der Waals surface area contributed by atoms with Crippen LogP contribution in [-0.2, 0) is 0 Å². The number of hydrazone groups is 1. The minimum atomic E-state index is 0.179. The maximum absolute atomic E-state index is 6.68. The summed E-state index contributed by atoms with van der Waals surface area (Å²) in [5, 5.41) is 10.4. The van der Waals surface area contributed by atoms with E-state index in [2.05, 4.69) is 15.4 Å². The maximum Gasteiger partial charge on any atom is 0.0908 e. The molecule has 0 atom stereocenters. The Hall–Kier alpha value is -1.26. The second-order valence-electron chi connectivity index (χ2n) is 3.41. The molecule has 0 spiro atoms. The van der Waals surface area contributed by atoms with Crippen molar-refractivity contribution in [3.8, 4) is 0 Å². The van der Waals surface area contributed by atoms with Gasteiger partial charge < -0.3 is 5.84 Å². The molecule has 0 fully saturated rings. The lowest BCUT2D eigenvalue weighted by atomic mass is 9.96. The highest BCUT2D eigenvalue weighted by Gasteiger charge is 2.16. The van der Waals surface area contributed by atoms with Crippen molar-refractivity contribution < 1.29 is 0 Å². The van der Waals surface area contributed by atoms with Crippen molar-refractivity contribution >= 4 is 11.4 Å². The summed E-state index contributed by atoms with van der Waals surface area (Å²) < 4.78 is 0. The van der Waals surface area contributed by atoms with Gasteiger partial charge >= 0.3 is 0 Å². The summed E-state index contributed by atoms with van der Waals surface area (Å²) >= 11 is 0. The summed E-state index contributed by atoms with van der Waals surface area (Å²) in [7, 11) is 0. The monoisotopic (exact) mass is 183 g/mol. The standard InChI is InChI=1S/C8H17N5/c1-5(2)7(11-9)8(6(3)4)12-13-10/h5-6,10H,9H2,1-4H3/b11-7-,12-8-,13-10?.